The van der Waals surface area contributed by atoms with Crippen molar-refractivity contribution in [2.45, 2.75) is 33.1 Å². The Morgan fingerprint density at radius 3 is 2.62 bits per heavy atom. The van der Waals surface area contributed by atoms with Gasteiger partial charge in [-0.3, -0.25) is 4.79 Å². The zero-order valence-corrected chi connectivity index (χ0v) is 14.6. The van der Waals surface area contributed by atoms with Gasteiger partial charge in [-0.2, -0.15) is 0 Å². The number of carbonyl (C=O) groups excluding carboxylic acids is 1. The fraction of sp³-hybridized carbons (Fsp3) is 0.381. The third kappa shape index (κ3) is 3.61. The molecule has 2 N–H and O–H groups in total. The quantitative estimate of drug-likeness (QED) is 0.661. The molecule has 0 amide bonds. The molecule has 1 heterocycles. The van der Waals surface area contributed by atoms with E-state index in [4.69, 9.17) is 5.73 Å². The first-order valence-electron chi connectivity index (χ1n) is 8.80. The minimum atomic E-state index is 0.117. The highest BCUT2D eigenvalue weighted by molar-refractivity contribution is 5.98. The van der Waals surface area contributed by atoms with Crippen molar-refractivity contribution in [1.29, 1.82) is 0 Å². The average molecular weight is 322 g/mol. The lowest BCUT2D eigenvalue weighted by Gasteiger charge is -2.18. The monoisotopic (exact) mass is 322 g/mol. The molecular weight excluding hydrogens is 296 g/mol. The number of carbonyl (C=O) groups is 1. The van der Waals surface area contributed by atoms with E-state index in [0.29, 0.717) is 12.1 Å². The SMILES string of the molecule is CCC1CCN(c2ccc(C(=O)Cc3cc(C)ccc3N)cc2)C1. The van der Waals surface area contributed by atoms with Crippen LogP contribution in [0.3, 0.4) is 0 Å². The highest BCUT2D eigenvalue weighted by Gasteiger charge is 2.21. The Bertz CT molecular complexity index is 721. The van der Waals surface area contributed by atoms with Gasteiger partial charge in [0.05, 0.1) is 0 Å². The van der Waals surface area contributed by atoms with Gasteiger partial charge in [0.15, 0.2) is 5.78 Å². The van der Waals surface area contributed by atoms with Crippen molar-refractivity contribution >= 4 is 17.2 Å². The van der Waals surface area contributed by atoms with Crippen LogP contribution in [-0.4, -0.2) is 18.9 Å². The summed E-state index contributed by atoms with van der Waals surface area (Å²) in [5, 5.41) is 0. The molecule has 1 saturated heterocycles. The Labute approximate surface area is 144 Å². The van der Waals surface area contributed by atoms with Gasteiger partial charge < -0.3 is 10.6 Å². The van der Waals surface area contributed by atoms with Crippen LogP contribution in [0.15, 0.2) is 42.5 Å². The topological polar surface area (TPSA) is 46.3 Å². The van der Waals surface area contributed by atoms with Gasteiger partial charge in [0, 0.05) is 36.4 Å². The highest BCUT2D eigenvalue weighted by atomic mass is 16.1. The molecule has 0 bridgehead atoms. The van der Waals surface area contributed by atoms with Gasteiger partial charge >= 0.3 is 0 Å². The lowest BCUT2D eigenvalue weighted by Crippen LogP contribution is -2.19. The predicted octanol–water partition coefficient (Wildman–Crippen LogP) is 4.24. The van der Waals surface area contributed by atoms with E-state index in [9.17, 15) is 4.79 Å². The number of hydrogen-bond donors (Lipinski definition) is 1. The second kappa shape index (κ2) is 7.08. The smallest absolute Gasteiger partial charge is 0.167 e. The van der Waals surface area contributed by atoms with Crippen LogP contribution in [0.1, 0.15) is 41.3 Å². The molecule has 2 aromatic carbocycles. The number of benzene rings is 2. The maximum absolute atomic E-state index is 12.5. The molecule has 0 radical (unpaired) electrons. The van der Waals surface area contributed by atoms with Gasteiger partial charge in [0.25, 0.3) is 0 Å². The Balaban J connectivity index is 1.69. The molecule has 0 aliphatic carbocycles. The van der Waals surface area contributed by atoms with Gasteiger partial charge in [0.2, 0.25) is 0 Å². The zero-order valence-electron chi connectivity index (χ0n) is 14.6. The summed E-state index contributed by atoms with van der Waals surface area (Å²) in [6.45, 7) is 6.52. The number of nitrogen functional groups attached to an aromatic ring is 1. The van der Waals surface area contributed by atoms with E-state index >= 15 is 0 Å². The first kappa shape index (κ1) is 16.6. The van der Waals surface area contributed by atoms with Crippen molar-refractivity contribution in [1.82, 2.24) is 0 Å². The summed E-state index contributed by atoms with van der Waals surface area (Å²) in [6, 6.07) is 13.9. The lowest BCUT2D eigenvalue weighted by molar-refractivity contribution is 0.0993. The molecule has 0 spiro atoms. The number of rotatable bonds is 5. The molecule has 1 aliphatic rings. The zero-order chi connectivity index (χ0) is 17.1. The van der Waals surface area contributed by atoms with E-state index in [-0.39, 0.29) is 5.78 Å². The van der Waals surface area contributed by atoms with Crippen molar-refractivity contribution in [2.75, 3.05) is 23.7 Å². The van der Waals surface area contributed by atoms with Crippen LogP contribution in [-0.2, 0) is 6.42 Å². The fourth-order valence-electron chi connectivity index (χ4n) is 3.42. The molecular formula is C21H26N2O. The first-order valence-corrected chi connectivity index (χ1v) is 8.80. The Morgan fingerprint density at radius 1 is 1.21 bits per heavy atom. The van der Waals surface area contributed by atoms with Gasteiger partial charge in [0.1, 0.15) is 0 Å². The minimum absolute atomic E-state index is 0.117. The molecule has 0 saturated carbocycles. The molecule has 3 nitrogen and oxygen atoms in total. The summed E-state index contributed by atoms with van der Waals surface area (Å²) in [5.74, 6) is 0.919. The third-order valence-electron chi connectivity index (χ3n) is 5.07. The standard InChI is InChI=1S/C21H26N2O/c1-3-16-10-11-23(14-16)19-7-5-17(6-8-19)21(24)13-18-12-15(2)4-9-20(18)22/h4-9,12,16H,3,10-11,13-14,22H2,1-2H3. The van der Waals surface area contributed by atoms with Crippen LogP contribution in [0.5, 0.6) is 0 Å². The first-order chi connectivity index (χ1) is 11.6. The average Bonchev–Trinajstić information content (AvgIpc) is 3.07. The largest absolute Gasteiger partial charge is 0.398 e. The number of anilines is 2. The molecule has 126 valence electrons. The molecule has 2 aromatic rings. The van der Waals surface area contributed by atoms with E-state index in [0.717, 1.165) is 35.7 Å². The highest BCUT2D eigenvalue weighted by Crippen LogP contribution is 2.26. The number of nitrogens with zero attached hydrogens (tertiary/aromatic N) is 1. The van der Waals surface area contributed by atoms with Crippen molar-refractivity contribution in [3.05, 3.63) is 59.2 Å². The molecule has 1 fully saturated rings. The van der Waals surface area contributed by atoms with Gasteiger partial charge in [-0.1, -0.05) is 31.0 Å². The minimum Gasteiger partial charge on any atom is -0.398 e. The molecule has 0 aromatic heterocycles. The number of Topliss-reactive ketones (excluding diaryl/α,β-unsaturated/α-hetero) is 1. The molecule has 1 aliphatic heterocycles. The Hall–Kier alpha value is -2.29. The third-order valence-corrected chi connectivity index (χ3v) is 5.07. The van der Waals surface area contributed by atoms with Crippen LogP contribution < -0.4 is 10.6 Å². The maximum Gasteiger partial charge on any atom is 0.167 e. The van der Waals surface area contributed by atoms with Crippen LogP contribution in [0.25, 0.3) is 0 Å². The van der Waals surface area contributed by atoms with Crippen LogP contribution in [0.2, 0.25) is 0 Å². The molecule has 1 atom stereocenters. The Morgan fingerprint density at radius 2 is 1.96 bits per heavy atom. The summed E-state index contributed by atoms with van der Waals surface area (Å²) in [6.07, 6.45) is 2.86. The lowest BCUT2D eigenvalue weighted by atomic mass is 10.00. The van der Waals surface area contributed by atoms with Crippen molar-refractivity contribution in [3.63, 3.8) is 0 Å². The summed E-state index contributed by atoms with van der Waals surface area (Å²) in [7, 11) is 0. The number of nitrogens with two attached hydrogens (primary N) is 1. The van der Waals surface area contributed by atoms with E-state index in [2.05, 4.69) is 24.0 Å². The normalized spacial score (nSPS) is 17.2. The van der Waals surface area contributed by atoms with E-state index < -0.39 is 0 Å². The van der Waals surface area contributed by atoms with Crippen LogP contribution >= 0.6 is 0 Å². The van der Waals surface area contributed by atoms with E-state index in [1.165, 1.54) is 18.5 Å². The van der Waals surface area contributed by atoms with Crippen molar-refractivity contribution in [3.8, 4) is 0 Å². The van der Waals surface area contributed by atoms with Crippen molar-refractivity contribution < 1.29 is 4.79 Å². The second-order valence-corrected chi connectivity index (χ2v) is 6.86. The molecule has 3 rings (SSSR count). The van der Waals surface area contributed by atoms with E-state index in [1.807, 2.05) is 37.3 Å². The van der Waals surface area contributed by atoms with Crippen LogP contribution in [0, 0.1) is 12.8 Å². The van der Waals surface area contributed by atoms with Gasteiger partial charge in [-0.05, 0) is 55.2 Å². The predicted molar refractivity (Wildman–Crippen MR) is 101 cm³/mol. The summed E-state index contributed by atoms with van der Waals surface area (Å²) in [4.78, 5) is 15.0. The molecule has 3 heteroatoms. The summed E-state index contributed by atoms with van der Waals surface area (Å²) >= 11 is 0. The van der Waals surface area contributed by atoms with Gasteiger partial charge in [-0.25, -0.2) is 0 Å². The van der Waals surface area contributed by atoms with Crippen molar-refractivity contribution in [2.24, 2.45) is 5.92 Å². The second-order valence-electron chi connectivity index (χ2n) is 6.86. The number of aryl methyl sites for hydroxylation is 1. The van der Waals surface area contributed by atoms with Crippen LogP contribution in [0.4, 0.5) is 11.4 Å². The molecule has 24 heavy (non-hydrogen) atoms. The Kier molecular flexibility index (Phi) is 4.89. The summed E-state index contributed by atoms with van der Waals surface area (Å²) in [5.41, 5.74) is 10.7. The number of ketones is 1. The molecule has 1 unspecified atom stereocenters. The van der Waals surface area contributed by atoms with E-state index in [1.54, 1.807) is 0 Å². The fourth-order valence-corrected chi connectivity index (χ4v) is 3.42. The summed E-state index contributed by atoms with van der Waals surface area (Å²) < 4.78 is 0. The van der Waals surface area contributed by atoms with Gasteiger partial charge in [-0.15, -0.1) is 0 Å². The number of hydrogen-bond acceptors (Lipinski definition) is 3. The maximum atomic E-state index is 12.5.